The number of ether oxygens (including phenoxy) is 2. The van der Waals surface area contributed by atoms with E-state index in [1.54, 1.807) is 0 Å². The topological polar surface area (TPSA) is 74.2 Å². The molecule has 0 amide bonds. The number of morpholine rings is 2. The summed E-state index contributed by atoms with van der Waals surface area (Å²) < 4.78 is 11.4. The van der Waals surface area contributed by atoms with Crippen molar-refractivity contribution < 1.29 is 9.47 Å². The van der Waals surface area contributed by atoms with Crippen molar-refractivity contribution in [2.75, 3.05) is 70.5 Å². The van der Waals surface area contributed by atoms with Crippen LogP contribution in [0.3, 0.4) is 0 Å². The molecule has 1 unspecified atom stereocenters. The Morgan fingerprint density at radius 1 is 1.23 bits per heavy atom. The average Bonchev–Trinajstić information content (AvgIpc) is 2.76. The van der Waals surface area contributed by atoms with Crippen LogP contribution in [0.2, 0.25) is 0 Å². The molecule has 0 saturated carbocycles. The Morgan fingerprint density at radius 2 is 2.03 bits per heavy atom. The molecule has 1 aromatic heterocycles. The lowest BCUT2D eigenvalue weighted by atomic mass is 10.2. The fourth-order valence-corrected chi connectivity index (χ4v) is 3.92. The Bertz CT molecular complexity index is 669. The molecule has 0 spiro atoms. The lowest BCUT2D eigenvalue weighted by Crippen LogP contribution is -2.50. The van der Waals surface area contributed by atoms with Crippen LogP contribution in [0, 0.1) is 5.92 Å². The first-order valence-electron chi connectivity index (χ1n) is 11.3. The molecular formula is C22H39IN6O2. The second-order valence-electron chi connectivity index (χ2n) is 8.31. The minimum atomic E-state index is 0. The van der Waals surface area contributed by atoms with Gasteiger partial charge in [0.25, 0.3) is 0 Å². The molecule has 31 heavy (non-hydrogen) atoms. The molecule has 3 heterocycles. The maximum absolute atomic E-state index is 5.96. The van der Waals surface area contributed by atoms with Crippen molar-refractivity contribution in [3.05, 3.63) is 23.9 Å². The number of anilines is 1. The van der Waals surface area contributed by atoms with Gasteiger partial charge in [0.2, 0.25) is 0 Å². The van der Waals surface area contributed by atoms with Crippen molar-refractivity contribution in [3.63, 3.8) is 0 Å². The van der Waals surface area contributed by atoms with Crippen molar-refractivity contribution in [2.24, 2.45) is 10.9 Å². The van der Waals surface area contributed by atoms with Crippen LogP contribution >= 0.6 is 24.0 Å². The van der Waals surface area contributed by atoms with E-state index in [9.17, 15) is 0 Å². The van der Waals surface area contributed by atoms with Gasteiger partial charge in [-0.05, 0) is 18.9 Å². The quantitative estimate of drug-likeness (QED) is 0.294. The zero-order valence-electron chi connectivity index (χ0n) is 19.2. The molecule has 2 aliphatic heterocycles. The maximum atomic E-state index is 5.96. The molecule has 2 fully saturated rings. The van der Waals surface area contributed by atoms with Crippen molar-refractivity contribution in [1.82, 2.24) is 20.5 Å². The van der Waals surface area contributed by atoms with Crippen LogP contribution in [0.4, 0.5) is 5.82 Å². The molecule has 8 nitrogen and oxygen atoms in total. The van der Waals surface area contributed by atoms with E-state index >= 15 is 0 Å². The highest BCUT2D eigenvalue weighted by Crippen LogP contribution is 2.19. The molecule has 0 aromatic carbocycles. The number of rotatable bonds is 8. The number of aliphatic imine (C=N–C) groups is 1. The summed E-state index contributed by atoms with van der Waals surface area (Å²) in [5, 5.41) is 6.82. The van der Waals surface area contributed by atoms with E-state index in [2.05, 4.69) is 52.3 Å². The van der Waals surface area contributed by atoms with Gasteiger partial charge in [-0.15, -0.1) is 24.0 Å². The van der Waals surface area contributed by atoms with Crippen molar-refractivity contribution in [2.45, 2.75) is 33.4 Å². The molecule has 9 heteroatoms. The van der Waals surface area contributed by atoms with Crippen LogP contribution in [-0.4, -0.2) is 87.6 Å². The van der Waals surface area contributed by atoms with E-state index < -0.39 is 0 Å². The fourth-order valence-electron chi connectivity index (χ4n) is 3.92. The SMILES string of the molecule is CCNC(=NCc1cccnc1N1CCOCC1)NCC1CN(CC(C)C)CCO1.I. The van der Waals surface area contributed by atoms with E-state index in [1.807, 2.05) is 12.3 Å². The van der Waals surface area contributed by atoms with E-state index in [1.165, 1.54) is 0 Å². The smallest absolute Gasteiger partial charge is 0.191 e. The molecule has 2 saturated heterocycles. The zero-order chi connectivity index (χ0) is 21.2. The normalized spacial score (nSPS) is 20.5. The number of aromatic nitrogens is 1. The van der Waals surface area contributed by atoms with Gasteiger partial charge in [-0.25, -0.2) is 9.98 Å². The van der Waals surface area contributed by atoms with Crippen molar-refractivity contribution >= 4 is 35.8 Å². The zero-order valence-corrected chi connectivity index (χ0v) is 21.5. The number of nitrogens with zero attached hydrogens (tertiary/aromatic N) is 4. The van der Waals surface area contributed by atoms with Gasteiger partial charge in [-0.1, -0.05) is 19.9 Å². The van der Waals surface area contributed by atoms with Gasteiger partial charge in [0.1, 0.15) is 5.82 Å². The minimum absolute atomic E-state index is 0. The van der Waals surface area contributed by atoms with Gasteiger partial charge in [0, 0.05) is 57.6 Å². The minimum Gasteiger partial charge on any atom is -0.378 e. The summed E-state index contributed by atoms with van der Waals surface area (Å²) >= 11 is 0. The number of halogens is 1. The van der Waals surface area contributed by atoms with Gasteiger partial charge in [-0.2, -0.15) is 0 Å². The third-order valence-electron chi connectivity index (χ3n) is 5.27. The van der Waals surface area contributed by atoms with E-state index in [0.29, 0.717) is 12.5 Å². The Hall–Kier alpha value is -1.17. The molecule has 3 rings (SSSR count). The number of nitrogens with one attached hydrogen (secondary N) is 2. The predicted octanol–water partition coefficient (Wildman–Crippen LogP) is 1.95. The average molecular weight is 546 g/mol. The van der Waals surface area contributed by atoms with Gasteiger partial charge in [0.15, 0.2) is 5.96 Å². The van der Waals surface area contributed by atoms with Crippen molar-refractivity contribution in [3.8, 4) is 0 Å². The van der Waals surface area contributed by atoms with Crippen molar-refractivity contribution in [1.29, 1.82) is 0 Å². The Labute approximate surface area is 204 Å². The first-order chi connectivity index (χ1) is 14.7. The summed E-state index contributed by atoms with van der Waals surface area (Å²) in [6.45, 7) is 15.9. The lowest BCUT2D eigenvalue weighted by Gasteiger charge is -2.34. The summed E-state index contributed by atoms with van der Waals surface area (Å²) in [7, 11) is 0. The van der Waals surface area contributed by atoms with Gasteiger partial charge >= 0.3 is 0 Å². The van der Waals surface area contributed by atoms with Crippen LogP contribution < -0.4 is 15.5 Å². The van der Waals surface area contributed by atoms with E-state index in [0.717, 1.165) is 83.0 Å². The molecule has 2 aliphatic rings. The lowest BCUT2D eigenvalue weighted by molar-refractivity contribution is -0.0284. The summed E-state index contributed by atoms with van der Waals surface area (Å²) in [4.78, 5) is 14.2. The summed E-state index contributed by atoms with van der Waals surface area (Å²) in [6, 6.07) is 4.09. The second kappa shape index (κ2) is 14.1. The Kier molecular flexibility index (Phi) is 11.8. The monoisotopic (exact) mass is 546 g/mol. The standard InChI is InChI=1S/C22H38N6O2.HI/c1-4-23-22(26-15-20-17-27(8-13-30-20)16-18(2)3)25-14-19-6-5-7-24-21(19)28-9-11-29-12-10-28;/h5-7,18,20H,4,8-17H2,1-3H3,(H2,23,25,26);1H. The highest BCUT2D eigenvalue weighted by molar-refractivity contribution is 14.0. The summed E-state index contributed by atoms with van der Waals surface area (Å²) in [6.07, 6.45) is 2.04. The Morgan fingerprint density at radius 3 is 2.77 bits per heavy atom. The van der Waals surface area contributed by atoms with Crippen LogP contribution in [-0.2, 0) is 16.0 Å². The molecule has 1 atom stereocenters. The van der Waals surface area contributed by atoms with E-state index in [-0.39, 0.29) is 30.1 Å². The highest BCUT2D eigenvalue weighted by atomic mass is 127. The first-order valence-corrected chi connectivity index (χ1v) is 11.3. The largest absolute Gasteiger partial charge is 0.378 e. The first kappa shape index (κ1) is 26.1. The molecule has 0 radical (unpaired) electrons. The second-order valence-corrected chi connectivity index (χ2v) is 8.31. The molecule has 0 aliphatic carbocycles. The highest BCUT2D eigenvalue weighted by Gasteiger charge is 2.21. The molecule has 1 aromatic rings. The summed E-state index contributed by atoms with van der Waals surface area (Å²) in [5.41, 5.74) is 1.13. The number of pyridine rings is 1. The van der Waals surface area contributed by atoms with Gasteiger partial charge in [-0.3, -0.25) is 4.90 Å². The van der Waals surface area contributed by atoms with Crippen LogP contribution in [0.15, 0.2) is 23.3 Å². The van der Waals surface area contributed by atoms with Gasteiger partial charge < -0.3 is 25.0 Å². The molecule has 2 N–H and O–H groups in total. The molecule has 0 bridgehead atoms. The maximum Gasteiger partial charge on any atom is 0.191 e. The third kappa shape index (κ3) is 8.70. The van der Waals surface area contributed by atoms with Crippen LogP contribution in [0.25, 0.3) is 0 Å². The number of hydrogen-bond donors (Lipinski definition) is 2. The number of guanidine groups is 1. The predicted molar refractivity (Wildman–Crippen MR) is 137 cm³/mol. The van der Waals surface area contributed by atoms with Crippen LogP contribution in [0.5, 0.6) is 0 Å². The Balaban J connectivity index is 0.00000341. The molecular weight excluding hydrogens is 507 g/mol. The van der Waals surface area contributed by atoms with E-state index in [4.69, 9.17) is 14.5 Å². The van der Waals surface area contributed by atoms with Crippen LogP contribution in [0.1, 0.15) is 26.3 Å². The molecule has 176 valence electrons. The third-order valence-corrected chi connectivity index (χ3v) is 5.27. The summed E-state index contributed by atoms with van der Waals surface area (Å²) in [5.74, 6) is 2.51. The van der Waals surface area contributed by atoms with Gasteiger partial charge in [0.05, 0.1) is 32.5 Å². The fraction of sp³-hybridized carbons (Fsp3) is 0.727. The number of hydrogen-bond acceptors (Lipinski definition) is 6.